The Labute approximate surface area is 128 Å². The van der Waals surface area contributed by atoms with Crippen LogP contribution in [0.4, 0.5) is 13.2 Å². The SMILES string of the molecule is C[SiH](C)C(C)(C)COCc1ccc(C(F)(F)F)c(Br)c1. The molecule has 0 N–H and O–H groups in total. The Kier molecular flexibility index (Phi) is 5.86. The number of rotatable bonds is 5. The van der Waals surface area contributed by atoms with Crippen molar-refractivity contribution in [2.45, 2.75) is 44.8 Å². The van der Waals surface area contributed by atoms with Gasteiger partial charge in [-0.1, -0.05) is 48.9 Å². The molecular formula is C14H20BrF3OSi. The summed E-state index contributed by atoms with van der Waals surface area (Å²) in [5.41, 5.74) is 0.0854. The van der Waals surface area contributed by atoms with Gasteiger partial charge in [-0.2, -0.15) is 13.2 Å². The second-order valence-corrected chi connectivity index (χ2v) is 10.7. The van der Waals surface area contributed by atoms with E-state index in [0.717, 1.165) is 11.6 Å². The molecule has 0 aromatic heterocycles. The average molecular weight is 369 g/mol. The van der Waals surface area contributed by atoms with Crippen LogP contribution in [0.5, 0.6) is 0 Å². The normalized spacial score (nSPS) is 13.1. The molecule has 0 atom stereocenters. The molecule has 1 nitrogen and oxygen atoms in total. The molecule has 20 heavy (non-hydrogen) atoms. The summed E-state index contributed by atoms with van der Waals surface area (Å²) in [6, 6.07) is 4.03. The number of hydrogen-bond donors (Lipinski definition) is 0. The highest BCUT2D eigenvalue weighted by molar-refractivity contribution is 9.10. The number of hydrogen-bond acceptors (Lipinski definition) is 1. The van der Waals surface area contributed by atoms with Crippen LogP contribution in [0.15, 0.2) is 22.7 Å². The first-order valence-corrected chi connectivity index (χ1v) is 10.2. The molecule has 1 aromatic rings. The molecule has 0 aliphatic carbocycles. The van der Waals surface area contributed by atoms with Crippen molar-refractivity contribution >= 4 is 24.7 Å². The number of benzene rings is 1. The lowest BCUT2D eigenvalue weighted by Crippen LogP contribution is -2.26. The van der Waals surface area contributed by atoms with Crippen LogP contribution in [0.2, 0.25) is 18.1 Å². The minimum Gasteiger partial charge on any atom is -0.377 e. The van der Waals surface area contributed by atoms with E-state index in [0.29, 0.717) is 13.2 Å². The third-order valence-corrected chi connectivity index (χ3v) is 7.59. The van der Waals surface area contributed by atoms with E-state index < -0.39 is 20.5 Å². The summed E-state index contributed by atoms with van der Waals surface area (Å²) in [7, 11) is -0.829. The fourth-order valence-corrected chi connectivity index (χ4v) is 2.58. The third kappa shape index (κ3) is 4.89. The fourth-order valence-electron chi connectivity index (χ4n) is 1.48. The second-order valence-electron chi connectivity index (χ2n) is 5.95. The van der Waals surface area contributed by atoms with Gasteiger partial charge in [-0.05, 0) is 22.7 Å². The molecule has 0 spiro atoms. The van der Waals surface area contributed by atoms with Gasteiger partial charge in [0, 0.05) is 19.9 Å². The highest BCUT2D eigenvalue weighted by Gasteiger charge is 2.32. The zero-order valence-electron chi connectivity index (χ0n) is 12.1. The molecule has 0 radical (unpaired) electrons. The van der Waals surface area contributed by atoms with Crippen LogP contribution >= 0.6 is 15.9 Å². The van der Waals surface area contributed by atoms with Crippen LogP contribution in [0, 0.1) is 0 Å². The van der Waals surface area contributed by atoms with Gasteiger partial charge in [0.1, 0.15) is 0 Å². The highest BCUT2D eigenvalue weighted by atomic mass is 79.9. The van der Waals surface area contributed by atoms with Crippen molar-refractivity contribution in [3.8, 4) is 0 Å². The minimum absolute atomic E-state index is 0.0589. The molecule has 0 unspecified atom stereocenters. The number of halogens is 4. The first kappa shape index (κ1) is 17.7. The maximum Gasteiger partial charge on any atom is 0.417 e. The van der Waals surface area contributed by atoms with Crippen LogP contribution in [0.25, 0.3) is 0 Å². The van der Waals surface area contributed by atoms with Gasteiger partial charge in [0.25, 0.3) is 0 Å². The Morgan fingerprint density at radius 3 is 2.25 bits per heavy atom. The van der Waals surface area contributed by atoms with Crippen LogP contribution in [-0.2, 0) is 17.5 Å². The summed E-state index contributed by atoms with van der Waals surface area (Å²) in [6.07, 6.45) is -4.33. The van der Waals surface area contributed by atoms with Crippen molar-refractivity contribution in [2.24, 2.45) is 0 Å². The van der Waals surface area contributed by atoms with Crippen LogP contribution < -0.4 is 0 Å². The van der Waals surface area contributed by atoms with E-state index in [9.17, 15) is 13.2 Å². The summed E-state index contributed by atoms with van der Waals surface area (Å²) in [5, 5.41) is 0.184. The molecule has 0 saturated heterocycles. The molecule has 0 heterocycles. The first-order chi connectivity index (χ1) is 9.04. The molecule has 0 aliphatic heterocycles. The smallest absolute Gasteiger partial charge is 0.377 e. The Morgan fingerprint density at radius 1 is 1.20 bits per heavy atom. The first-order valence-electron chi connectivity index (χ1n) is 6.47. The van der Waals surface area contributed by atoms with E-state index in [1.807, 2.05) is 0 Å². The topological polar surface area (TPSA) is 9.23 Å². The molecule has 0 amide bonds. The van der Waals surface area contributed by atoms with Crippen molar-refractivity contribution in [3.05, 3.63) is 33.8 Å². The molecule has 6 heteroatoms. The van der Waals surface area contributed by atoms with Crippen LogP contribution in [0.3, 0.4) is 0 Å². The summed E-state index contributed by atoms with van der Waals surface area (Å²) < 4.78 is 43.6. The fraction of sp³-hybridized carbons (Fsp3) is 0.571. The molecule has 0 bridgehead atoms. The summed E-state index contributed by atoms with van der Waals surface area (Å²) >= 11 is 2.97. The van der Waals surface area contributed by atoms with Gasteiger partial charge >= 0.3 is 6.18 Å². The molecule has 1 rings (SSSR count). The van der Waals surface area contributed by atoms with Gasteiger partial charge in [0.05, 0.1) is 12.2 Å². The van der Waals surface area contributed by atoms with Gasteiger partial charge < -0.3 is 4.74 Å². The number of ether oxygens (including phenoxy) is 1. The predicted octanol–water partition coefficient (Wildman–Crippen LogP) is 5.25. The summed E-state index contributed by atoms with van der Waals surface area (Å²) in [4.78, 5) is 0. The zero-order chi connectivity index (χ0) is 15.6. The van der Waals surface area contributed by atoms with E-state index in [1.54, 1.807) is 0 Å². The Hall–Kier alpha value is -0.333. The van der Waals surface area contributed by atoms with Gasteiger partial charge in [-0.25, -0.2) is 0 Å². The standard InChI is InChI=1S/C14H20BrF3OSi/c1-13(2,20(3)4)9-19-8-10-5-6-11(12(15)7-10)14(16,17)18/h5-7,20H,8-9H2,1-4H3. The van der Waals surface area contributed by atoms with E-state index >= 15 is 0 Å². The molecule has 0 saturated carbocycles. The number of alkyl halides is 3. The monoisotopic (exact) mass is 368 g/mol. The molecule has 114 valence electrons. The van der Waals surface area contributed by atoms with Gasteiger partial charge in [-0.3, -0.25) is 0 Å². The predicted molar refractivity (Wildman–Crippen MR) is 81.7 cm³/mol. The molecular weight excluding hydrogens is 349 g/mol. The molecule has 0 aliphatic rings. The summed E-state index contributed by atoms with van der Waals surface area (Å²) in [5.74, 6) is 0. The lowest BCUT2D eigenvalue weighted by molar-refractivity contribution is -0.138. The second kappa shape index (κ2) is 6.62. The highest BCUT2D eigenvalue weighted by Crippen LogP contribution is 2.35. The van der Waals surface area contributed by atoms with Crippen molar-refractivity contribution in [1.82, 2.24) is 0 Å². The molecule has 0 fully saturated rings. The van der Waals surface area contributed by atoms with Crippen molar-refractivity contribution < 1.29 is 17.9 Å². The van der Waals surface area contributed by atoms with E-state index in [4.69, 9.17) is 4.74 Å². The Morgan fingerprint density at radius 2 is 1.80 bits per heavy atom. The minimum atomic E-state index is -4.33. The molecule has 1 aromatic carbocycles. The Bertz CT molecular complexity index is 458. The van der Waals surface area contributed by atoms with Gasteiger partial charge in [-0.15, -0.1) is 0 Å². The van der Waals surface area contributed by atoms with Crippen LogP contribution in [-0.4, -0.2) is 15.4 Å². The maximum atomic E-state index is 12.6. The zero-order valence-corrected chi connectivity index (χ0v) is 14.9. The largest absolute Gasteiger partial charge is 0.417 e. The average Bonchev–Trinajstić information content (AvgIpc) is 2.26. The lowest BCUT2D eigenvalue weighted by atomic mass is 10.1. The lowest BCUT2D eigenvalue weighted by Gasteiger charge is -2.27. The van der Waals surface area contributed by atoms with Gasteiger partial charge in [0.2, 0.25) is 0 Å². The van der Waals surface area contributed by atoms with Gasteiger partial charge in [0.15, 0.2) is 0 Å². The van der Waals surface area contributed by atoms with E-state index in [-0.39, 0.29) is 9.51 Å². The quantitative estimate of drug-likeness (QED) is 0.644. The Balaban J connectivity index is 2.65. The summed E-state index contributed by atoms with van der Waals surface area (Å²) in [6.45, 7) is 9.84. The third-order valence-electron chi connectivity index (χ3n) is 3.64. The van der Waals surface area contributed by atoms with Crippen molar-refractivity contribution in [3.63, 3.8) is 0 Å². The van der Waals surface area contributed by atoms with E-state index in [1.165, 1.54) is 12.1 Å². The van der Waals surface area contributed by atoms with Crippen LogP contribution in [0.1, 0.15) is 25.0 Å². The van der Waals surface area contributed by atoms with Crippen molar-refractivity contribution in [2.75, 3.05) is 6.61 Å². The van der Waals surface area contributed by atoms with E-state index in [2.05, 4.69) is 42.9 Å². The maximum absolute atomic E-state index is 12.6. The van der Waals surface area contributed by atoms with Crippen molar-refractivity contribution in [1.29, 1.82) is 0 Å².